The normalized spacial score (nSPS) is 11.2. The van der Waals surface area contributed by atoms with Gasteiger partial charge in [0.15, 0.2) is 17.2 Å². The first-order valence-electron chi connectivity index (χ1n) is 11.0. The third-order valence-corrected chi connectivity index (χ3v) is 6.01. The highest BCUT2D eigenvalue weighted by Gasteiger charge is 2.16. The molecular weight excluding hydrogens is 494 g/mol. The van der Waals surface area contributed by atoms with E-state index < -0.39 is 0 Å². The highest BCUT2D eigenvalue weighted by molar-refractivity contribution is 9.10. The minimum atomic E-state index is -0.172. The zero-order valence-corrected chi connectivity index (χ0v) is 21.0. The Labute approximate surface area is 207 Å². The van der Waals surface area contributed by atoms with Crippen LogP contribution in [-0.4, -0.2) is 22.2 Å². The number of aromatic nitrogens is 2. The lowest BCUT2D eigenvalue weighted by Gasteiger charge is -2.14. The van der Waals surface area contributed by atoms with Crippen molar-refractivity contribution in [2.45, 2.75) is 20.5 Å². The quantitative estimate of drug-likeness (QED) is 0.269. The largest absolute Gasteiger partial charge is 0.490 e. The first-order valence-corrected chi connectivity index (χ1v) is 11.8. The van der Waals surface area contributed by atoms with Crippen LogP contribution in [-0.2, 0) is 13.7 Å². The van der Waals surface area contributed by atoms with Gasteiger partial charge in [0, 0.05) is 13.3 Å². The molecule has 0 aliphatic carbocycles. The van der Waals surface area contributed by atoms with Crippen LogP contribution in [0.5, 0.6) is 11.5 Å². The van der Waals surface area contributed by atoms with Crippen LogP contribution in [0.1, 0.15) is 23.7 Å². The van der Waals surface area contributed by atoms with Crippen molar-refractivity contribution in [3.8, 4) is 17.2 Å². The van der Waals surface area contributed by atoms with Crippen molar-refractivity contribution in [2.24, 2.45) is 12.0 Å². The molecule has 0 spiro atoms. The van der Waals surface area contributed by atoms with Gasteiger partial charge in [0.25, 0.3) is 5.56 Å². The number of halogens is 1. The van der Waals surface area contributed by atoms with Crippen molar-refractivity contribution < 1.29 is 9.47 Å². The van der Waals surface area contributed by atoms with Gasteiger partial charge in [-0.1, -0.05) is 48.5 Å². The van der Waals surface area contributed by atoms with Crippen molar-refractivity contribution in [1.29, 1.82) is 0 Å². The highest BCUT2D eigenvalue weighted by Crippen LogP contribution is 2.37. The Morgan fingerprint density at radius 3 is 2.35 bits per heavy atom. The smallest absolute Gasteiger partial charge is 0.297 e. The fourth-order valence-corrected chi connectivity index (χ4v) is 4.21. The molecular formula is C27H26BrN3O3. The van der Waals surface area contributed by atoms with Crippen molar-refractivity contribution in [1.82, 2.24) is 9.36 Å². The molecule has 0 fully saturated rings. The molecule has 0 amide bonds. The van der Waals surface area contributed by atoms with Gasteiger partial charge in [0.05, 0.1) is 22.5 Å². The van der Waals surface area contributed by atoms with Crippen LogP contribution >= 0.6 is 15.9 Å². The molecule has 0 N–H and O–H groups in total. The summed E-state index contributed by atoms with van der Waals surface area (Å²) in [7, 11) is 1.85. The monoisotopic (exact) mass is 519 g/mol. The minimum Gasteiger partial charge on any atom is -0.490 e. The zero-order valence-electron chi connectivity index (χ0n) is 19.4. The topological polar surface area (TPSA) is 57.8 Å². The van der Waals surface area contributed by atoms with Gasteiger partial charge < -0.3 is 9.47 Å². The molecule has 0 atom stereocenters. The molecule has 174 valence electrons. The molecule has 0 radical (unpaired) electrons. The van der Waals surface area contributed by atoms with Crippen LogP contribution in [0.25, 0.3) is 5.69 Å². The van der Waals surface area contributed by atoms with E-state index in [1.54, 1.807) is 10.9 Å². The second-order valence-corrected chi connectivity index (χ2v) is 8.56. The second-order valence-electron chi connectivity index (χ2n) is 7.71. The molecule has 0 unspecified atom stereocenters. The average molecular weight is 520 g/mol. The number of hydrogen-bond acceptors (Lipinski definition) is 4. The molecule has 0 bridgehead atoms. The number of hydrogen-bond donors (Lipinski definition) is 0. The standard InChI is InChI=1S/C27H26BrN3O3/c1-4-33-24-16-21(15-23(28)26(24)34-18-20-11-7-5-8-12-20)17-29-25-19(2)30(3)31(27(25)32)22-13-9-6-10-14-22/h5-17H,4,18H2,1-3H3. The molecule has 0 saturated heterocycles. The van der Waals surface area contributed by atoms with Crippen molar-refractivity contribution in [3.63, 3.8) is 0 Å². The van der Waals surface area contributed by atoms with E-state index in [0.717, 1.165) is 27.0 Å². The molecule has 1 aromatic heterocycles. The van der Waals surface area contributed by atoms with Gasteiger partial charge in [0.2, 0.25) is 0 Å². The Morgan fingerprint density at radius 1 is 1.00 bits per heavy atom. The third kappa shape index (κ3) is 4.99. The summed E-state index contributed by atoms with van der Waals surface area (Å²) >= 11 is 3.61. The number of benzene rings is 3. The van der Waals surface area contributed by atoms with E-state index in [1.807, 2.05) is 98.4 Å². The summed E-state index contributed by atoms with van der Waals surface area (Å²) in [5, 5.41) is 0. The summed E-state index contributed by atoms with van der Waals surface area (Å²) in [4.78, 5) is 17.7. The van der Waals surface area contributed by atoms with Gasteiger partial charge in [-0.05, 0) is 65.2 Å². The zero-order chi connectivity index (χ0) is 24.1. The van der Waals surface area contributed by atoms with E-state index in [1.165, 1.54) is 0 Å². The van der Waals surface area contributed by atoms with Crippen molar-refractivity contribution >= 4 is 27.8 Å². The summed E-state index contributed by atoms with van der Waals surface area (Å²) in [6.45, 7) is 4.73. The molecule has 6 nitrogen and oxygen atoms in total. The molecule has 3 aromatic carbocycles. The van der Waals surface area contributed by atoms with Gasteiger partial charge in [-0.2, -0.15) is 0 Å². The summed E-state index contributed by atoms with van der Waals surface area (Å²) in [5.41, 5.74) is 3.64. The molecule has 7 heteroatoms. The maximum absolute atomic E-state index is 13.1. The Balaban J connectivity index is 1.64. The van der Waals surface area contributed by atoms with E-state index >= 15 is 0 Å². The predicted molar refractivity (Wildman–Crippen MR) is 139 cm³/mol. The first kappa shape index (κ1) is 23.6. The van der Waals surface area contributed by atoms with Crippen LogP contribution in [0.3, 0.4) is 0 Å². The number of nitrogens with zero attached hydrogens (tertiary/aromatic N) is 3. The van der Waals surface area contributed by atoms with Gasteiger partial charge in [-0.25, -0.2) is 9.67 Å². The maximum Gasteiger partial charge on any atom is 0.297 e. The lowest BCUT2D eigenvalue weighted by molar-refractivity contribution is 0.267. The third-order valence-electron chi connectivity index (χ3n) is 5.42. The number of ether oxygens (including phenoxy) is 2. The van der Waals surface area contributed by atoms with Crippen molar-refractivity contribution in [2.75, 3.05) is 6.61 Å². The van der Waals surface area contributed by atoms with E-state index in [4.69, 9.17) is 9.47 Å². The predicted octanol–water partition coefficient (Wildman–Crippen LogP) is 5.98. The van der Waals surface area contributed by atoms with Crippen molar-refractivity contribution in [3.05, 3.63) is 104 Å². The van der Waals surface area contributed by atoms with Crippen LogP contribution in [0, 0.1) is 6.92 Å². The SMILES string of the molecule is CCOc1cc(C=Nc2c(C)n(C)n(-c3ccccc3)c2=O)cc(Br)c1OCc1ccccc1. The first-order chi connectivity index (χ1) is 16.5. The molecule has 34 heavy (non-hydrogen) atoms. The molecule has 0 aliphatic rings. The van der Waals surface area contributed by atoms with Gasteiger partial charge >= 0.3 is 0 Å². The Hall–Kier alpha value is -3.58. The summed E-state index contributed by atoms with van der Waals surface area (Å²) in [6.07, 6.45) is 1.67. The van der Waals surface area contributed by atoms with Crippen LogP contribution < -0.4 is 15.0 Å². The second kappa shape index (κ2) is 10.6. The molecule has 4 aromatic rings. The number of para-hydroxylation sites is 1. The van der Waals surface area contributed by atoms with Crippen LogP contribution in [0.15, 0.2) is 87.1 Å². The fourth-order valence-electron chi connectivity index (χ4n) is 3.64. The Morgan fingerprint density at radius 2 is 1.68 bits per heavy atom. The number of aliphatic imine (C=N–C) groups is 1. The lowest BCUT2D eigenvalue weighted by atomic mass is 10.2. The Kier molecular flexibility index (Phi) is 7.33. The molecule has 0 saturated carbocycles. The van der Waals surface area contributed by atoms with Crippen LogP contribution in [0.4, 0.5) is 5.69 Å². The maximum atomic E-state index is 13.1. The summed E-state index contributed by atoms with van der Waals surface area (Å²) in [5.74, 6) is 1.24. The van der Waals surface area contributed by atoms with E-state index in [2.05, 4.69) is 20.9 Å². The molecule has 0 aliphatic heterocycles. The van der Waals surface area contributed by atoms with E-state index in [-0.39, 0.29) is 5.56 Å². The van der Waals surface area contributed by atoms with Gasteiger partial charge in [0.1, 0.15) is 6.61 Å². The van der Waals surface area contributed by atoms with Gasteiger partial charge in [-0.15, -0.1) is 0 Å². The Bertz CT molecular complexity index is 1360. The summed E-state index contributed by atoms with van der Waals surface area (Å²) < 4.78 is 16.1. The average Bonchev–Trinajstić information content (AvgIpc) is 3.06. The molecule has 1 heterocycles. The van der Waals surface area contributed by atoms with E-state index in [9.17, 15) is 4.79 Å². The fraction of sp³-hybridized carbons (Fsp3) is 0.185. The van der Waals surface area contributed by atoms with E-state index in [0.29, 0.717) is 30.4 Å². The molecule has 4 rings (SSSR count). The minimum absolute atomic E-state index is 0.172. The number of rotatable bonds is 8. The summed E-state index contributed by atoms with van der Waals surface area (Å²) in [6, 6.07) is 23.3. The highest BCUT2D eigenvalue weighted by atomic mass is 79.9. The lowest BCUT2D eigenvalue weighted by Crippen LogP contribution is -2.19. The van der Waals surface area contributed by atoms with Gasteiger partial charge in [-0.3, -0.25) is 9.48 Å². The van der Waals surface area contributed by atoms with Crippen LogP contribution in [0.2, 0.25) is 0 Å².